The van der Waals surface area contributed by atoms with Crippen molar-refractivity contribution in [3.63, 3.8) is 0 Å². The lowest BCUT2D eigenvalue weighted by Crippen LogP contribution is -2.38. The van der Waals surface area contributed by atoms with Crippen molar-refractivity contribution in [2.75, 3.05) is 59.3 Å². The molecule has 0 atom stereocenters. The van der Waals surface area contributed by atoms with Crippen LogP contribution in [0.2, 0.25) is 0 Å². The predicted molar refractivity (Wildman–Crippen MR) is 113 cm³/mol. The smallest absolute Gasteiger partial charge is 0.222 e. The molecule has 0 unspecified atom stereocenters. The van der Waals surface area contributed by atoms with Gasteiger partial charge in [0.15, 0.2) is 0 Å². The van der Waals surface area contributed by atoms with Gasteiger partial charge in [0.05, 0.1) is 51.8 Å². The van der Waals surface area contributed by atoms with Gasteiger partial charge < -0.3 is 29.6 Å². The molecule has 0 aliphatic rings. The molecule has 1 amide bonds. The van der Waals surface area contributed by atoms with Gasteiger partial charge in [-0.2, -0.15) is 0 Å². The zero-order valence-electron chi connectivity index (χ0n) is 19.2. The van der Waals surface area contributed by atoms with E-state index in [4.69, 9.17) is 18.9 Å². The quantitative estimate of drug-likeness (QED) is 0.363. The average Bonchev–Trinajstić information content (AvgIpc) is 2.57. The Bertz CT molecular complexity index is 395. The molecule has 0 aromatic heterocycles. The molecule has 2 N–H and O–H groups in total. The topological polar surface area (TPSA) is 78.1 Å². The number of amides is 1. The van der Waals surface area contributed by atoms with Crippen LogP contribution in [0.25, 0.3) is 0 Å². The molecule has 0 spiro atoms. The Labute approximate surface area is 172 Å². The van der Waals surface area contributed by atoms with Gasteiger partial charge in [0, 0.05) is 24.5 Å². The Morgan fingerprint density at radius 2 is 1.29 bits per heavy atom. The summed E-state index contributed by atoms with van der Waals surface area (Å²) in [5.41, 5.74) is -0.164. The van der Waals surface area contributed by atoms with Gasteiger partial charge in [-0.3, -0.25) is 4.79 Å². The van der Waals surface area contributed by atoms with Gasteiger partial charge in [-0.15, -0.1) is 0 Å². The van der Waals surface area contributed by atoms with Gasteiger partial charge in [0.1, 0.15) is 0 Å². The first-order valence-corrected chi connectivity index (χ1v) is 10.4. The molecule has 0 aromatic carbocycles. The van der Waals surface area contributed by atoms with Crippen LogP contribution in [0.5, 0.6) is 0 Å². The van der Waals surface area contributed by atoms with Crippen molar-refractivity contribution in [3.8, 4) is 0 Å². The lowest BCUT2D eigenvalue weighted by Gasteiger charge is -2.25. The van der Waals surface area contributed by atoms with Gasteiger partial charge >= 0.3 is 0 Å². The van der Waals surface area contributed by atoms with Crippen LogP contribution in [0.4, 0.5) is 0 Å². The summed E-state index contributed by atoms with van der Waals surface area (Å²) in [7, 11) is 0. The van der Waals surface area contributed by atoms with Crippen molar-refractivity contribution in [1.82, 2.24) is 10.6 Å². The van der Waals surface area contributed by atoms with Gasteiger partial charge in [-0.25, -0.2) is 0 Å². The molecular formula is C21H44N2O5. The summed E-state index contributed by atoms with van der Waals surface area (Å²) < 4.78 is 22.3. The molecule has 0 aliphatic carbocycles. The summed E-state index contributed by atoms with van der Waals surface area (Å²) in [5.74, 6) is 0.0859. The Kier molecular flexibility index (Phi) is 14.8. The summed E-state index contributed by atoms with van der Waals surface area (Å²) in [6.45, 7) is 19.7. The van der Waals surface area contributed by atoms with E-state index < -0.39 is 0 Å². The molecule has 0 heterocycles. The van der Waals surface area contributed by atoms with Crippen molar-refractivity contribution in [3.05, 3.63) is 0 Å². The maximum absolute atomic E-state index is 11.5. The van der Waals surface area contributed by atoms with Crippen molar-refractivity contribution in [1.29, 1.82) is 0 Å². The Hall–Kier alpha value is -0.730. The van der Waals surface area contributed by atoms with Crippen LogP contribution < -0.4 is 10.6 Å². The zero-order valence-corrected chi connectivity index (χ0v) is 19.2. The molecule has 0 radical (unpaired) electrons. The number of hydrogen-bond acceptors (Lipinski definition) is 6. The average molecular weight is 405 g/mol. The molecule has 28 heavy (non-hydrogen) atoms. The Balaban J connectivity index is 3.41. The van der Waals surface area contributed by atoms with Crippen LogP contribution in [-0.4, -0.2) is 76.4 Å². The van der Waals surface area contributed by atoms with E-state index in [1.807, 2.05) is 27.7 Å². The predicted octanol–water partition coefficient (Wildman–Crippen LogP) is 2.38. The standard InChI is InChI=1S/C21H44N2O5/c1-18(2)19(24)22-9-8-21(6,7)28-17-16-27-15-14-26-13-12-25-11-10-23-20(3,4)5/h18,23H,8-17H2,1-7H3,(H,22,24). The Morgan fingerprint density at radius 3 is 1.79 bits per heavy atom. The van der Waals surface area contributed by atoms with Crippen molar-refractivity contribution >= 4 is 5.91 Å². The van der Waals surface area contributed by atoms with Crippen LogP contribution in [0.15, 0.2) is 0 Å². The van der Waals surface area contributed by atoms with Crippen LogP contribution in [0, 0.1) is 5.92 Å². The molecule has 0 saturated carbocycles. The molecule has 0 rings (SSSR count). The van der Waals surface area contributed by atoms with Crippen molar-refractivity contribution < 1.29 is 23.7 Å². The largest absolute Gasteiger partial charge is 0.378 e. The van der Waals surface area contributed by atoms with Gasteiger partial charge in [-0.05, 0) is 41.0 Å². The minimum Gasteiger partial charge on any atom is -0.378 e. The van der Waals surface area contributed by atoms with Gasteiger partial charge in [0.25, 0.3) is 0 Å². The highest BCUT2D eigenvalue weighted by Gasteiger charge is 2.18. The molecule has 7 heteroatoms. The molecule has 0 aliphatic heterocycles. The summed E-state index contributed by atoms with van der Waals surface area (Å²) in [4.78, 5) is 11.5. The number of carbonyl (C=O) groups is 1. The Morgan fingerprint density at radius 1 is 0.786 bits per heavy atom. The number of carbonyl (C=O) groups excluding carboxylic acids is 1. The number of ether oxygens (including phenoxy) is 4. The fourth-order valence-corrected chi connectivity index (χ4v) is 2.18. The molecule has 0 aromatic rings. The monoisotopic (exact) mass is 404 g/mol. The first-order valence-electron chi connectivity index (χ1n) is 10.4. The van der Waals surface area contributed by atoms with Crippen LogP contribution in [0.3, 0.4) is 0 Å². The number of hydrogen-bond donors (Lipinski definition) is 2. The van der Waals surface area contributed by atoms with E-state index in [2.05, 4.69) is 31.4 Å². The zero-order chi connectivity index (χ0) is 21.5. The lowest BCUT2D eigenvalue weighted by molar-refractivity contribution is -0.124. The minimum atomic E-state index is -0.288. The summed E-state index contributed by atoms with van der Waals surface area (Å²) in [6.07, 6.45) is 0.764. The summed E-state index contributed by atoms with van der Waals surface area (Å²) >= 11 is 0. The lowest BCUT2D eigenvalue weighted by atomic mass is 10.1. The second-order valence-electron chi connectivity index (χ2n) is 8.82. The second kappa shape index (κ2) is 15.2. The maximum Gasteiger partial charge on any atom is 0.222 e. The van der Waals surface area contributed by atoms with E-state index >= 15 is 0 Å². The fourth-order valence-electron chi connectivity index (χ4n) is 2.18. The van der Waals surface area contributed by atoms with Crippen molar-refractivity contribution in [2.45, 2.75) is 66.0 Å². The van der Waals surface area contributed by atoms with E-state index in [9.17, 15) is 4.79 Å². The number of nitrogens with one attached hydrogen (secondary N) is 2. The highest BCUT2D eigenvalue weighted by Crippen LogP contribution is 2.13. The van der Waals surface area contributed by atoms with E-state index in [1.54, 1.807) is 0 Å². The molecule has 7 nitrogen and oxygen atoms in total. The van der Waals surface area contributed by atoms with E-state index in [1.165, 1.54) is 0 Å². The van der Waals surface area contributed by atoms with E-state index in [0.29, 0.717) is 52.8 Å². The molecule has 0 bridgehead atoms. The third-order valence-electron chi connectivity index (χ3n) is 3.92. The molecule has 168 valence electrons. The third-order valence-corrected chi connectivity index (χ3v) is 3.92. The second-order valence-corrected chi connectivity index (χ2v) is 8.82. The summed E-state index contributed by atoms with van der Waals surface area (Å²) in [6, 6.07) is 0. The first kappa shape index (κ1) is 27.3. The van der Waals surface area contributed by atoms with Crippen LogP contribution in [0.1, 0.15) is 54.9 Å². The molecule has 0 fully saturated rings. The maximum atomic E-state index is 11.5. The molecular weight excluding hydrogens is 360 g/mol. The van der Waals surface area contributed by atoms with Gasteiger partial charge in [-0.1, -0.05) is 13.8 Å². The number of rotatable bonds is 17. The van der Waals surface area contributed by atoms with E-state index in [0.717, 1.165) is 13.0 Å². The SMILES string of the molecule is CC(C)C(=O)NCCC(C)(C)OCCOCCOCCOCCNC(C)(C)C. The van der Waals surface area contributed by atoms with E-state index in [-0.39, 0.29) is 23.0 Å². The highest BCUT2D eigenvalue weighted by atomic mass is 16.6. The highest BCUT2D eigenvalue weighted by molar-refractivity contribution is 5.77. The van der Waals surface area contributed by atoms with Crippen LogP contribution >= 0.6 is 0 Å². The summed E-state index contributed by atoms with van der Waals surface area (Å²) in [5, 5.41) is 6.28. The fraction of sp³-hybridized carbons (Fsp3) is 0.952. The van der Waals surface area contributed by atoms with Crippen molar-refractivity contribution in [2.24, 2.45) is 5.92 Å². The van der Waals surface area contributed by atoms with Crippen LogP contribution in [-0.2, 0) is 23.7 Å². The minimum absolute atomic E-state index is 0.0108. The normalized spacial score (nSPS) is 12.6. The molecule has 0 saturated heterocycles. The first-order chi connectivity index (χ1) is 13.0. The van der Waals surface area contributed by atoms with Gasteiger partial charge in [0.2, 0.25) is 5.91 Å². The third kappa shape index (κ3) is 18.6.